The standard InChI is InChI=1S/C23H23F3N8O/c1-15-2-4-16(5-3-15)14-33-18(8-11-27-33)28-21(35)17-9-12-32(13-10-17)20-7-6-19-29-30-22(23(24,25)26)34(19)31-20/h2-8,11,17H,9-10,12-14H2,1H3,(H,28,35). The number of fused-ring (bicyclic) bond motifs is 1. The van der Waals surface area contributed by atoms with E-state index in [0.29, 0.717) is 48.6 Å². The van der Waals surface area contributed by atoms with E-state index in [0.717, 1.165) is 5.56 Å². The number of carbonyl (C=O) groups excluding carboxylic acids is 1. The van der Waals surface area contributed by atoms with Crippen LogP contribution in [0.3, 0.4) is 0 Å². The van der Waals surface area contributed by atoms with Crippen molar-refractivity contribution in [1.82, 2.24) is 29.6 Å². The fourth-order valence-electron chi connectivity index (χ4n) is 4.15. The quantitative estimate of drug-likeness (QED) is 0.466. The van der Waals surface area contributed by atoms with Gasteiger partial charge in [-0.15, -0.1) is 15.3 Å². The molecule has 1 saturated heterocycles. The van der Waals surface area contributed by atoms with Gasteiger partial charge < -0.3 is 10.2 Å². The number of benzene rings is 1. The van der Waals surface area contributed by atoms with E-state index >= 15 is 0 Å². The molecule has 1 aromatic carbocycles. The molecule has 1 amide bonds. The van der Waals surface area contributed by atoms with Crippen LogP contribution in [0.25, 0.3) is 5.65 Å². The minimum Gasteiger partial charge on any atom is -0.355 e. The lowest BCUT2D eigenvalue weighted by molar-refractivity contribution is -0.146. The van der Waals surface area contributed by atoms with Crippen molar-refractivity contribution in [2.24, 2.45) is 5.92 Å². The van der Waals surface area contributed by atoms with Crippen LogP contribution in [0.15, 0.2) is 48.7 Å². The Balaban J connectivity index is 1.22. The molecule has 12 heteroatoms. The van der Waals surface area contributed by atoms with Crippen molar-refractivity contribution in [3.8, 4) is 0 Å². The first-order chi connectivity index (χ1) is 16.8. The second kappa shape index (κ2) is 9.01. The summed E-state index contributed by atoms with van der Waals surface area (Å²) in [4.78, 5) is 14.8. The Bertz CT molecular complexity index is 1340. The number of aromatic nitrogens is 6. The van der Waals surface area contributed by atoms with Crippen LogP contribution in [0.4, 0.5) is 24.8 Å². The Labute approximate surface area is 198 Å². The van der Waals surface area contributed by atoms with Gasteiger partial charge in [-0.2, -0.15) is 22.8 Å². The molecule has 0 radical (unpaired) electrons. The average molecular weight is 484 g/mol. The SMILES string of the molecule is Cc1ccc(Cn2nccc2NC(=O)C2CCN(c3ccc4nnc(C(F)(F)F)n4n3)CC2)cc1. The van der Waals surface area contributed by atoms with Crippen molar-refractivity contribution in [1.29, 1.82) is 0 Å². The van der Waals surface area contributed by atoms with Crippen LogP contribution in [-0.4, -0.2) is 48.6 Å². The molecule has 0 atom stereocenters. The number of piperidine rings is 1. The van der Waals surface area contributed by atoms with Crippen molar-refractivity contribution in [2.45, 2.75) is 32.5 Å². The third kappa shape index (κ3) is 4.81. The highest BCUT2D eigenvalue weighted by Crippen LogP contribution is 2.29. The van der Waals surface area contributed by atoms with Gasteiger partial charge in [0.1, 0.15) is 11.6 Å². The predicted molar refractivity (Wildman–Crippen MR) is 122 cm³/mol. The molecule has 1 aliphatic rings. The van der Waals surface area contributed by atoms with E-state index < -0.39 is 12.0 Å². The summed E-state index contributed by atoms with van der Waals surface area (Å²) in [5.74, 6) is -0.476. The van der Waals surface area contributed by atoms with Crippen LogP contribution in [-0.2, 0) is 17.5 Å². The number of hydrogen-bond acceptors (Lipinski definition) is 6. The van der Waals surface area contributed by atoms with E-state index in [2.05, 4.69) is 25.7 Å². The topological polar surface area (TPSA) is 93.2 Å². The van der Waals surface area contributed by atoms with Gasteiger partial charge >= 0.3 is 6.18 Å². The molecule has 1 fully saturated rings. The average Bonchev–Trinajstić information content (AvgIpc) is 3.47. The van der Waals surface area contributed by atoms with Gasteiger partial charge in [-0.3, -0.25) is 4.79 Å². The number of halogens is 3. The second-order valence-electron chi connectivity index (χ2n) is 8.59. The molecule has 4 aromatic rings. The molecule has 182 valence electrons. The van der Waals surface area contributed by atoms with Crippen molar-refractivity contribution in [3.05, 3.63) is 65.6 Å². The first-order valence-corrected chi connectivity index (χ1v) is 11.2. The van der Waals surface area contributed by atoms with Gasteiger partial charge in [-0.1, -0.05) is 29.8 Å². The lowest BCUT2D eigenvalue weighted by atomic mass is 9.96. The van der Waals surface area contributed by atoms with Crippen molar-refractivity contribution in [3.63, 3.8) is 0 Å². The fourth-order valence-corrected chi connectivity index (χ4v) is 4.15. The minimum atomic E-state index is -4.65. The maximum absolute atomic E-state index is 13.2. The fraction of sp³-hybridized carbons (Fsp3) is 0.348. The molecule has 9 nitrogen and oxygen atoms in total. The summed E-state index contributed by atoms with van der Waals surface area (Å²) in [5, 5.41) is 18.1. The molecule has 5 rings (SSSR count). The lowest BCUT2D eigenvalue weighted by Gasteiger charge is -2.32. The van der Waals surface area contributed by atoms with Crippen molar-refractivity contribution in [2.75, 3.05) is 23.3 Å². The van der Waals surface area contributed by atoms with Crippen LogP contribution in [0, 0.1) is 12.8 Å². The monoisotopic (exact) mass is 484 g/mol. The molecular weight excluding hydrogens is 461 g/mol. The Hall–Kier alpha value is -3.96. The molecule has 0 aliphatic carbocycles. The van der Waals surface area contributed by atoms with Gasteiger partial charge in [0, 0.05) is 25.1 Å². The molecule has 35 heavy (non-hydrogen) atoms. The van der Waals surface area contributed by atoms with Gasteiger partial charge in [-0.25, -0.2) is 4.68 Å². The number of anilines is 2. The largest absolute Gasteiger partial charge is 0.453 e. The molecule has 4 heterocycles. The smallest absolute Gasteiger partial charge is 0.355 e. The van der Waals surface area contributed by atoms with Gasteiger partial charge in [-0.05, 0) is 37.5 Å². The van der Waals surface area contributed by atoms with Crippen LogP contribution >= 0.6 is 0 Å². The van der Waals surface area contributed by atoms with E-state index in [1.165, 1.54) is 11.6 Å². The van der Waals surface area contributed by atoms with Gasteiger partial charge in [0.2, 0.25) is 5.91 Å². The number of carbonyl (C=O) groups is 1. The van der Waals surface area contributed by atoms with Crippen LogP contribution in [0.1, 0.15) is 29.8 Å². The van der Waals surface area contributed by atoms with Crippen molar-refractivity contribution < 1.29 is 18.0 Å². The Morgan fingerprint density at radius 3 is 2.51 bits per heavy atom. The number of hydrogen-bond donors (Lipinski definition) is 1. The first-order valence-electron chi connectivity index (χ1n) is 11.2. The highest BCUT2D eigenvalue weighted by atomic mass is 19.4. The predicted octanol–water partition coefficient (Wildman–Crippen LogP) is 3.55. The molecule has 0 unspecified atom stereocenters. The lowest BCUT2D eigenvalue weighted by Crippen LogP contribution is -2.39. The van der Waals surface area contributed by atoms with E-state index in [-0.39, 0.29) is 17.5 Å². The van der Waals surface area contributed by atoms with Gasteiger partial charge in [0.15, 0.2) is 5.65 Å². The number of nitrogens with one attached hydrogen (secondary N) is 1. The zero-order chi connectivity index (χ0) is 24.6. The summed E-state index contributed by atoms with van der Waals surface area (Å²) in [7, 11) is 0. The zero-order valence-electron chi connectivity index (χ0n) is 18.9. The summed E-state index contributed by atoms with van der Waals surface area (Å²) in [6.07, 6.45) is -1.91. The number of nitrogens with zero attached hydrogens (tertiary/aromatic N) is 7. The Morgan fingerprint density at radius 2 is 1.80 bits per heavy atom. The first kappa shape index (κ1) is 22.8. The summed E-state index contributed by atoms with van der Waals surface area (Å²) in [5.41, 5.74) is 2.28. The second-order valence-corrected chi connectivity index (χ2v) is 8.59. The Kier molecular flexibility index (Phi) is 5.87. The van der Waals surface area contributed by atoms with E-state index in [1.807, 2.05) is 36.1 Å². The van der Waals surface area contributed by atoms with Gasteiger partial charge in [0.05, 0.1) is 12.7 Å². The van der Waals surface area contributed by atoms with Gasteiger partial charge in [0.25, 0.3) is 5.82 Å². The molecule has 0 saturated carbocycles. The number of aryl methyl sites for hydroxylation is 1. The normalized spacial score (nSPS) is 15.0. The third-order valence-electron chi connectivity index (χ3n) is 6.11. The molecular formula is C23H23F3N8O. The van der Waals surface area contributed by atoms with Crippen LogP contribution in [0.2, 0.25) is 0 Å². The maximum Gasteiger partial charge on any atom is 0.453 e. The van der Waals surface area contributed by atoms with Crippen LogP contribution in [0.5, 0.6) is 0 Å². The molecule has 0 bridgehead atoms. The highest BCUT2D eigenvalue weighted by Gasteiger charge is 2.38. The number of amides is 1. The zero-order valence-corrected chi connectivity index (χ0v) is 18.9. The van der Waals surface area contributed by atoms with Crippen LogP contribution < -0.4 is 10.2 Å². The minimum absolute atomic E-state index is 0.0255. The van der Waals surface area contributed by atoms with E-state index in [9.17, 15) is 18.0 Å². The molecule has 1 N–H and O–H groups in total. The summed E-state index contributed by atoms with van der Waals surface area (Å²) < 4.78 is 41.9. The number of rotatable bonds is 5. The van der Waals surface area contributed by atoms with Crippen molar-refractivity contribution >= 4 is 23.2 Å². The highest BCUT2D eigenvalue weighted by molar-refractivity contribution is 5.92. The molecule has 3 aromatic heterocycles. The maximum atomic E-state index is 13.2. The number of alkyl halides is 3. The summed E-state index contributed by atoms with van der Waals surface area (Å²) >= 11 is 0. The molecule has 1 aliphatic heterocycles. The third-order valence-corrected chi connectivity index (χ3v) is 6.11. The summed E-state index contributed by atoms with van der Waals surface area (Å²) in [6, 6.07) is 13.0. The Morgan fingerprint density at radius 1 is 1.06 bits per heavy atom. The van der Waals surface area contributed by atoms with E-state index in [4.69, 9.17) is 0 Å². The molecule has 0 spiro atoms. The van der Waals surface area contributed by atoms with E-state index in [1.54, 1.807) is 23.0 Å². The summed E-state index contributed by atoms with van der Waals surface area (Å²) in [6.45, 7) is 3.54.